The van der Waals surface area contributed by atoms with Crippen LogP contribution in [0.3, 0.4) is 0 Å². The second-order valence-corrected chi connectivity index (χ2v) is 6.60. The second kappa shape index (κ2) is 6.34. The Kier molecular flexibility index (Phi) is 4.26. The predicted molar refractivity (Wildman–Crippen MR) is 96.2 cm³/mol. The molecule has 3 rings (SSSR count). The number of nitrogens with zero attached hydrogens (tertiary/aromatic N) is 1. The van der Waals surface area contributed by atoms with Crippen molar-refractivity contribution in [1.82, 2.24) is 4.98 Å². The molecule has 2 aromatic carbocycles. The lowest BCUT2D eigenvalue weighted by Gasteiger charge is -2.10. The molecule has 4 heteroatoms. The van der Waals surface area contributed by atoms with E-state index in [1.54, 1.807) is 11.3 Å². The zero-order valence-corrected chi connectivity index (χ0v) is 14.2. The molecule has 1 heterocycles. The fraction of sp³-hybridized carbons (Fsp3) is 0.158. The first-order valence-electron chi connectivity index (χ1n) is 7.45. The van der Waals surface area contributed by atoms with Gasteiger partial charge >= 0.3 is 0 Å². The van der Waals surface area contributed by atoms with E-state index in [1.807, 2.05) is 68.6 Å². The summed E-state index contributed by atoms with van der Waals surface area (Å²) in [4.78, 5) is 17.0. The molecule has 0 atom stereocenters. The molecule has 0 aliphatic heterocycles. The number of aromatic nitrogens is 1. The zero-order chi connectivity index (χ0) is 16.4. The Morgan fingerprint density at radius 2 is 1.87 bits per heavy atom. The average molecular weight is 322 g/mol. The van der Waals surface area contributed by atoms with E-state index in [0.29, 0.717) is 5.56 Å². The number of hydrogen-bond donors (Lipinski definition) is 1. The van der Waals surface area contributed by atoms with Gasteiger partial charge in [0.05, 0.1) is 10.7 Å². The van der Waals surface area contributed by atoms with Crippen molar-refractivity contribution >= 4 is 22.9 Å². The molecule has 0 aliphatic rings. The van der Waals surface area contributed by atoms with Crippen LogP contribution in [-0.4, -0.2) is 10.9 Å². The van der Waals surface area contributed by atoms with Gasteiger partial charge in [-0.2, -0.15) is 0 Å². The van der Waals surface area contributed by atoms with E-state index >= 15 is 0 Å². The average Bonchev–Trinajstić information content (AvgIpc) is 2.97. The predicted octanol–water partition coefficient (Wildman–Crippen LogP) is 4.99. The highest BCUT2D eigenvalue weighted by molar-refractivity contribution is 7.09. The highest BCUT2D eigenvalue weighted by Crippen LogP contribution is 2.24. The highest BCUT2D eigenvalue weighted by atomic mass is 32.1. The zero-order valence-electron chi connectivity index (χ0n) is 13.4. The van der Waals surface area contributed by atoms with Gasteiger partial charge in [0.2, 0.25) is 0 Å². The van der Waals surface area contributed by atoms with E-state index in [4.69, 9.17) is 0 Å². The monoisotopic (exact) mass is 322 g/mol. The third kappa shape index (κ3) is 3.32. The Balaban J connectivity index is 1.86. The van der Waals surface area contributed by atoms with Crippen LogP contribution in [0.2, 0.25) is 0 Å². The molecule has 0 fully saturated rings. The highest BCUT2D eigenvalue weighted by Gasteiger charge is 2.11. The SMILES string of the molecule is Cc1nc(-c2cccc(NC(=O)c3cccc(C)c3C)c2)cs1. The van der Waals surface area contributed by atoms with Crippen molar-refractivity contribution in [1.29, 1.82) is 0 Å². The van der Waals surface area contributed by atoms with Gasteiger partial charge in [-0.15, -0.1) is 11.3 Å². The van der Waals surface area contributed by atoms with Crippen molar-refractivity contribution in [3.05, 3.63) is 69.5 Å². The quantitative estimate of drug-likeness (QED) is 0.738. The lowest BCUT2D eigenvalue weighted by Crippen LogP contribution is -2.13. The number of rotatable bonds is 3. The molecular weight excluding hydrogens is 304 g/mol. The maximum Gasteiger partial charge on any atom is 0.255 e. The Labute approximate surface area is 140 Å². The molecule has 0 bridgehead atoms. The lowest BCUT2D eigenvalue weighted by molar-refractivity contribution is 0.102. The van der Waals surface area contributed by atoms with Gasteiger partial charge in [-0.1, -0.05) is 24.3 Å². The Morgan fingerprint density at radius 3 is 2.61 bits per heavy atom. The first kappa shape index (κ1) is 15.4. The summed E-state index contributed by atoms with van der Waals surface area (Å²) in [7, 11) is 0. The van der Waals surface area contributed by atoms with Gasteiger partial charge in [0.15, 0.2) is 0 Å². The van der Waals surface area contributed by atoms with E-state index < -0.39 is 0 Å². The maximum absolute atomic E-state index is 12.5. The fourth-order valence-corrected chi connectivity index (χ4v) is 3.07. The molecule has 116 valence electrons. The lowest BCUT2D eigenvalue weighted by atomic mass is 10.0. The van der Waals surface area contributed by atoms with Crippen LogP contribution >= 0.6 is 11.3 Å². The van der Waals surface area contributed by atoms with Crippen LogP contribution in [0.4, 0.5) is 5.69 Å². The van der Waals surface area contributed by atoms with E-state index in [9.17, 15) is 4.79 Å². The summed E-state index contributed by atoms with van der Waals surface area (Å²) in [6.07, 6.45) is 0. The van der Waals surface area contributed by atoms with Crippen molar-refractivity contribution in [2.45, 2.75) is 20.8 Å². The minimum atomic E-state index is -0.0854. The smallest absolute Gasteiger partial charge is 0.255 e. The molecule has 0 unspecified atom stereocenters. The van der Waals surface area contributed by atoms with Crippen LogP contribution in [0, 0.1) is 20.8 Å². The molecule has 1 amide bonds. The normalized spacial score (nSPS) is 10.6. The molecule has 1 N–H and O–H groups in total. The van der Waals surface area contributed by atoms with Gasteiger partial charge in [-0.25, -0.2) is 4.98 Å². The third-order valence-corrected chi connectivity index (χ3v) is 4.66. The summed E-state index contributed by atoms with van der Waals surface area (Å²) in [6.45, 7) is 5.97. The van der Waals surface area contributed by atoms with E-state index in [-0.39, 0.29) is 5.91 Å². The van der Waals surface area contributed by atoms with Crippen molar-refractivity contribution < 1.29 is 4.79 Å². The maximum atomic E-state index is 12.5. The van der Waals surface area contributed by atoms with Gasteiger partial charge in [-0.3, -0.25) is 4.79 Å². The second-order valence-electron chi connectivity index (χ2n) is 5.53. The van der Waals surface area contributed by atoms with Crippen molar-refractivity contribution in [2.24, 2.45) is 0 Å². The minimum Gasteiger partial charge on any atom is -0.322 e. The number of benzene rings is 2. The Hall–Kier alpha value is -2.46. The molecule has 0 radical (unpaired) electrons. The number of nitrogens with one attached hydrogen (secondary N) is 1. The van der Waals surface area contributed by atoms with Crippen LogP contribution < -0.4 is 5.32 Å². The number of hydrogen-bond acceptors (Lipinski definition) is 3. The van der Waals surface area contributed by atoms with Crippen molar-refractivity contribution in [3.8, 4) is 11.3 Å². The van der Waals surface area contributed by atoms with Crippen LogP contribution in [0.25, 0.3) is 11.3 Å². The number of amides is 1. The first-order valence-corrected chi connectivity index (χ1v) is 8.32. The molecule has 0 spiro atoms. The summed E-state index contributed by atoms with van der Waals surface area (Å²) in [6, 6.07) is 13.6. The Morgan fingerprint density at radius 1 is 1.09 bits per heavy atom. The summed E-state index contributed by atoms with van der Waals surface area (Å²) >= 11 is 1.62. The van der Waals surface area contributed by atoms with Crippen LogP contribution in [-0.2, 0) is 0 Å². The third-order valence-electron chi connectivity index (χ3n) is 3.88. The van der Waals surface area contributed by atoms with Gasteiger partial charge in [0, 0.05) is 22.2 Å². The summed E-state index contributed by atoms with van der Waals surface area (Å²) in [5.74, 6) is -0.0854. The van der Waals surface area contributed by atoms with Gasteiger partial charge in [0.25, 0.3) is 5.91 Å². The standard InChI is InChI=1S/C19H18N2OS/c1-12-6-4-9-17(13(12)2)19(22)21-16-8-5-7-15(10-16)18-11-23-14(3)20-18/h4-11H,1-3H3,(H,21,22). The largest absolute Gasteiger partial charge is 0.322 e. The minimum absolute atomic E-state index is 0.0854. The van der Waals surface area contributed by atoms with Gasteiger partial charge in [0.1, 0.15) is 0 Å². The molecule has 23 heavy (non-hydrogen) atoms. The van der Waals surface area contributed by atoms with E-state index in [2.05, 4.69) is 10.3 Å². The fourth-order valence-electron chi connectivity index (χ4n) is 2.45. The van der Waals surface area contributed by atoms with Crippen molar-refractivity contribution in [2.75, 3.05) is 5.32 Å². The molecule has 0 saturated carbocycles. The van der Waals surface area contributed by atoms with Crippen LogP contribution in [0.5, 0.6) is 0 Å². The number of carbonyl (C=O) groups is 1. The van der Waals surface area contributed by atoms with Gasteiger partial charge < -0.3 is 5.32 Å². The molecule has 1 aromatic heterocycles. The Bertz CT molecular complexity index is 867. The molecule has 0 aliphatic carbocycles. The molecule has 3 nitrogen and oxygen atoms in total. The van der Waals surface area contributed by atoms with Gasteiger partial charge in [-0.05, 0) is 50.1 Å². The molecule has 3 aromatic rings. The van der Waals surface area contributed by atoms with Crippen molar-refractivity contribution in [3.63, 3.8) is 0 Å². The summed E-state index contributed by atoms with van der Waals surface area (Å²) in [5.41, 5.74) is 5.56. The topological polar surface area (TPSA) is 42.0 Å². The van der Waals surface area contributed by atoms with Crippen LogP contribution in [0.1, 0.15) is 26.5 Å². The number of anilines is 1. The number of aryl methyl sites for hydroxylation is 2. The number of thiazole rings is 1. The van der Waals surface area contributed by atoms with Crippen LogP contribution in [0.15, 0.2) is 47.8 Å². The van der Waals surface area contributed by atoms with E-state index in [1.165, 1.54) is 0 Å². The molecular formula is C19H18N2OS. The summed E-state index contributed by atoms with van der Waals surface area (Å²) < 4.78 is 0. The molecule has 0 saturated heterocycles. The summed E-state index contributed by atoms with van der Waals surface area (Å²) in [5, 5.41) is 6.04. The first-order chi connectivity index (χ1) is 11.0. The van der Waals surface area contributed by atoms with E-state index in [0.717, 1.165) is 33.1 Å². The number of carbonyl (C=O) groups excluding carboxylic acids is 1.